The fourth-order valence-corrected chi connectivity index (χ4v) is 1.98. The Hall–Kier alpha value is -1.02. The molecule has 3 unspecified atom stereocenters. The van der Waals surface area contributed by atoms with Gasteiger partial charge in [0.25, 0.3) is 5.56 Å². The number of hydrogen-bond acceptors (Lipinski definition) is 5. The van der Waals surface area contributed by atoms with E-state index < -0.39 is 18.4 Å². The third kappa shape index (κ3) is 2.07. The van der Waals surface area contributed by atoms with Gasteiger partial charge in [-0.2, -0.15) is 0 Å². The summed E-state index contributed by atoms with van der Waals surface area (Å²) in [5.41, 5.74) is -0.279. The van der Waals surface area contributed by atoms with Crippen LogP contribution >= 0.6 is 12.2 Å². The van der Waals surface area contributed by atoms with Crippen LogP contribution in [0, 0.1) is 4.77 Å². The van der Waals surface area contributed by atoms with Crippen LogP contribution in [-0.2, 0) is 4.74 Å². The van der Waals surface area contributed by atoms with Crippen LogP contribution in [0.5, 0.6) is 0 Å². The summed E-state index contributed by atoms with van der Waals surface area (Å²) in [6.07, 6.45) is 0.0864. The number of H-pyrrole nitrogens is 1. The monoisotopic (exact) mass is 244 g/mol. The van der Waals surface area contributed by atoms with Crippen molar-refractivity contribution >= 4 is 12.2 Å². The minimum absolute atomic E-state index is 0.239. The minimum atomic E-state index is -0.719. The zero-order valence-electron chi connectivity index (χ0n) is 8.37. The van der Waals surface area contributed by atoms with Gasteiger partial charge < -0.3 is 14.9 Å². The summed E-state index contributed by atoms with van der Waals surface area (Å²) in [6.45, 7) is -0.242. The molecule has 0 aromatic carbocycles. The molecule has 1 aliphatic rings. The first-order chi connectivity index (χ1) is 7.61. The Balaban J connectivity index is 2.27. The van der Waals surface area contributed by atoms with Crippen LogP contribution in [0.1, 0.15) is 12.6 Å². The summed E-state index contributed by atoms with van der Waals surface area (Å²) in [7, 11) is 0. The van der Waals surface area contributed by atoms with Gasteiger partial charge in [0.15, 0.2) is 4.77 Å². The van der Waals surface area contributed by atoms with Crippen LogP contribution in [0.4, 0.5) is 0 Å². The average molecular weight is 244 g/mol. The molecule has 0 bridgehead atoms. The van der Waals surface area contributed by atoms with E-state index >= 15 is 0 Å². The van der Waals surface area contributed by atoms with Gasteiger partial charge in [-0.25, -0.2) is 0 Å². The van der Waals surface area contributed by atoms with E-state index in [4.69, 9.17) is 22.1 Å². The fourth-order valence-electron chi connectivity index (χ4n) is 1.70. The van der Waals surface area contributed by atoms with Crippen LogP contribution in [-0.4, -0.2) is 38.6 Å². The van der Waals surface area contributed by atoms with Crippen molar-refractivity contribution in [3.05, 3.63) is 27.4 Å². The molecular weight excluding hydrogens is 232 g/mol. The van der Waals surface area contributed by atoms with E-state index in [0.29, 0.717) is 6.42 Å². The molecule has 1 saturated heterocycles. The van der Waals surface area contributed by atoms with Crippen molar-refractivity contribution in [1.29, 1.82) is 0 Å². The molecular formula is C9H12N2O4S. The molecule has 2 rings (SSSR count). The molecule has 0 spiro atoms. The summed E-state index contributed by atoms with van der Waals surface area (Å²) < 4.78 is 7.19. The number of aromatic amines is 1. The second-order valence-electron chi connectivity index (χ2n) is 3.63. The molecule has 7 heteroatoms. The van der Waals surface area contributed by atoms with Crippen molar-refractivity contribution in [2.75, 3.05) is 6.61 Å². The van der Waals surface area contributed by atoms with Gasteiger partial charge >= 0.3 is 0 Å². The first-order valence-corrected chi connectivity index (χ1v) is 5.28. The van der Waals surface area contributed by atoms with Crippen LogP contribution in [0.3, 0.4) is 0 Å². The summed E-state index contributed by atoms with van der Waals surface area (Å²) in [6, 6.07) is 1.33. The highest BCUT2D eigenvalue weighted by Gasteiger charge is 2.34. The van der Waals surface area contributed by atoms with Gasteiger partial charge in [0.2, 0.25) is 0 Å². The molecule has 1 aromatic heterocycles. The van der Waals surface area contributed by atoms with Gasteiger partial charge in [-0.05, 0) is 12.2 Å². The largest absolute Gasteiger partial charge is 0.394 e. The fraction of sp³-hybridized carbons (Fsp3) is 0.556. The number of nitrogens with zero attached hydrogens (tertiary/aromatic N) is 1. The lowest BCUT2D eigenvalue weighted by molar-refractivity contribution is -0.0453. The first-order valence-electron chi connectivity index (χ1n) is 4.87. The van der Waals surface area contributed by atoms with E-state index in [-0.39, 0.29) is 16.9 Å². The maximum absolute atomic E-state index is 11.0. The lowest BCUT2D eigenvalue weighted by atomic mass is 10.2. The predicted octanol–water partition coefficient (Wildman–Crippen LogP) is -0.453. The van der Waals surface area contributed by atoms with E-state index in [2.05, 4.69) is 4.98 Å². The Labute approximate surface area is 96.1 Å². The van der Waals surface area contributed by atoms with Crippen LogP contribution in [0.15, 0.2) is 17.1 Å². The van der Waals surface area contributed by atoms with Crippen LogP contribution < -0.4 is 5.56 Å². The maximum atomic E-state index is 11.0. The van der Waals surface area contributed by atoms with Gasteiger partial charge in [0.05, 0.1) is 12.7 Å². The van der Waals surface area contributed by atoms with Crippen molar-refractivity contribution in [3.8, 4) is 0 Å². The minimum Gasteiger partial charge on any atom is -0.394 e. The van der Waals surface area contributed by atoms with E-state index in [9.17, 15) is 9.90 Å². The zero-order chi connectivity index (χ0) is 11.7. The topological polar surface area (TPSA) is 87.5 Å². The summed E-state index contributed by atoms with van der Waals surface area (Å²) in [4.78, 5) is 13.4. The third-order valence-corrected chi connectivity index (χ3v) is 2.86. The van der Waals surface area contributed by atoms with Gasteiger partial charge in [0, 0.05) is 18.7 Å². The molecule has 6 nitrogen and oxygen atoms in total. The lowest BCUT2D eigenvalue weighted by Gasteiger charge is -2.14. The molecule has 16 heavy (non-hydrogen) atoms. The molecule has 1 aliphatic heterocycles. The number of ether oxygens (including phenoxy) is 1. The van der Waals surface area contributed by atoms with Crippen LogP contribution in [0.2, 0.25) is 0 Å². The predicted molar refractivity (Wildman–Crippen MR) is 57.5 cm³/mol. The van der Waals surface area contributed by atoms with Gasteiger partial charge in [-0.3, -0.25) is 14.3 Å². The summed E-state index contributed by atoms with van der Waals surface area (Å²) in [5, 5.41) is 18.5. The highest BCUT2D eigenvalue weighted by atomic mass is 32.1. The molecule has 3 N–H and O–H groups in total. The standard InChI is InChI=1S/C9H12N2O4S/c12-4-6-5(13)3-8(15-6)11-2-1-7(14)10-9(11)16/h1-2,5-6,8,12-13H,3-4H2,(H,10,14,16). The van der Waals surface area contributed by atoms with Crippen molar-refractivity contribution in [2.45, 2.75) is 24.9 Å². The number of aliphatic hydroxyl groups excluding tert-OH is 2. The molecule has 0 aliphatic carbocycles. The maximum Gasteiger partial charge on any atom is 0.251 e. The number of hydrogen-bond donors (Lipinski definition) is 3. The number of aromatic nitrogens is 2. The smallest absolute Gasteiger partial charge is 0.251 e. The molecule has 0 radical (unpaired) electrons. The molecule has 1 aromatic rings. The molecule has 88 valence electrons. The number of aliphatic hydroxyl groups is 2. The van der Waals surface area contributed by atoms with Crippen molar-refractivity contribution < 1.29 is 14.9 Å². The first kappa shape index (κ1) is 11.5. The van der Waals surface area contributed by atoms with Crippen molar-refractivity contribution in [3.63, 3.8) is 0 Å². The molecule has 2 heterocycles. The molecule has 0 amide bonds. The number of nitrogens with one attached hydrogen (secondary N) is 1. The summed E-state index contributed by atoms with van der Waals surface area (Å²) in [5.74, 6) is 0. The summed E-state index contributed by atoms with van der Waals surface area (Å²) >= 11 is 4.97. The molecule has 3 atom stereocenters. The normalized spacial score (nSPS) is 29.5. The van der Waals surface area contributed by atoms with E-state index in [1.54, 1.807) is 4.57 Å². The second-order valence-corrected chi connectivity index (χ2v) is 4.02. The Kier molecular flexibility index (Phi) is 3.20. The van der Waals surface area contributed by atoms with E-state index in [1.807, 2.05) is 0 Å². The van der Waals surface area contributed by atoms with E-state index in [0.717, 1.165) is 0 Å². The second kappa shape index (κ2) is 4.46. The van der Waals surface area contributed by atoms with Gasteiger partial charge in [-0.1, -0.05) is 0 Å². The van der Waals surface area contributed by atoms with Crippen LogP contribution in [0.25, 0.3) is 0 Å². The highest BCUT2D eigenvalue weighted by molar-refractivity contribution is 7.71. The van der Waals surface area contributed by atoms with Gasteiger partial charge in [0.1, 0.15) is 12.3 Å². The molecule has 1 fully saturated rings. The average Bonchev–Trinajstić information content (AvgIpc) is 2.59. The van der Waals surface area contributed by atoms with Crippen molar-refractivity contribution in [2.24, 2.45) is 0 Å². The quantitative estimate of drug-likeness (QED) is 0.613. The third-order valence-electron chi connectivity index (χ3n) is 2.55. The molecule has 0 saturated carbocycles. The Morgan fingerprint density at radius 3 is 3.00 bits per heavy atom. The lowest BCUT2D eigenvalue weighted by Crippen LogP contribution is -2.24. The highest BCUT2D eigenvalue weighted by Crippen LogP contribution is 2.28. The Morgan fingerprint density at radius 1 is 1.69 bits per heavy atom. The van der Waals surface area contributed by atoms with E-state index in [1.165, 1.54) is 12.3 Å². The van der Waals surface area contributed by atoms with Gasteiger partial charge in [-0.15, -0.1) is 0 Å². The number of rotatable bonds is 2. The Bertz CT molecular complexity index is 483. The van der Waals surface area contributed by atoms with Crippen molar-refractivity contribution in [1.82, 2.24) is 9.55 Å². The SMILES string of the molecule is O=c1ccn(C2CC(O)C(CO)O2)c(=S)[nH]1. The zero-order valence-corrected chi connectivity index (χ0v) is 9.18. The Morgan fingerprint density at radius 2 is 2.44 bits per heavy atom.